The fourth-order valence-corrected chi connectivity index (χ4v) is 5.84. The highest BCUT2D eigenvalue weighted by Crippen LogP contribution is 2.39. The zero-order valence-corrected chi connectivity index (χ0v) is 20.6. The Labute approximate surface area is 204 Å². The number of nitrogens with zero attached hydrogens (tertiary/aromatic N) is 1. The molecule has 0 spiro atoms. The van der Waals surface area contributed by atoms with Gasteiger partial charge in [0.2, 0.25) is 0 Å². The molecule has 0 bridgehead atoms. The molecule has 2 aromatic carbocycles. The number of hydrogen-bond donors (Lipinski definition) is 2. The second-order valence-corrected chi connectivity index (χ2v) is 10.4. The maximum absolute atomic E-state index is 14.0. The van der Waals surface area contributed by atoms with Crippen LogP contribution in [0.25, 0.3) is 0 Å². The van der Waals surface area contributed by atoms with E-state index in [1.54, 1.807) is 0 Å². The van der Waals surface area contributed by atoms with E-state index in [4.69, 9.17) is 11.6 Å². The van der Waals surface area contributed by atoms with Gasteiger partial charge < -0.3 is 10.6 Å². The lowest BCUT2D eigenvalue weighted by Crippen LogP contribution is -2.62. The first-order chi connectivity index (χ1) is 16.1. The van der Waals surface area contributed by atoms with Gasteiger partial charge in [0.1, 0.15) is 0 Å². The molecule has 2 N–H and O–H groups in total. The van der Waals surface area contributed by atoms with Crippen LogP contribution in [0.1, 0.15) is 43.7 Å². The molecule has 178 valence electrons. The molecule has 2 aromatic rings. The first kappa shape index (κ1) is 24.4. The molecule has 1 aliphatic carbocycles. The average Bonchev–Trinajstić information content (AvgIpc) is 2.86. The molecule has 0 aromatic heterocycles. The van der Waals surface area contributed by atoms with Crippen molar-refractivity contribution in [1.82, 2.24) is 15.5 Å². The van der Waals surface area contributed by atoms with E-state index in [2.05, 4.69) is 64.9 Å². The SMILES string of the molecule is CC(Cc1ccc(Cl)cc1)C(=O)C1(N2CCNCC2)CCC(CNCc2ccccc2)CC1. The van der Waals surface area contributed by atoms with Gasteiger partial charge in [0, 0.05) is 43.7 Å². The minimum Gasteiger partial charge on any atom is -0.314 e. The maximum atomic E-state index is 14.0. The first-order valence-electron chi connectivity index (χ1n) is 12.6. The van der Waals surface area contributed by atoms with Crippen molar-refractivity contribution in [3.63, 3.8) is 0 Å². The molecule has 1 unspecified atom stereocenters. The number of ketones is 1. The lowest BCUT2D eigenvalue weighted by atomic mass is 9.69. The highest BCUT2D eigenvalue weighted by molar-refractivity contribution is 6.30. The molecule has 33 heavy (non-hydrogen) atoms. The molecule has 4 nitrogen and oxygen atoms in total. The predicted octanol–water partition coefficient (Wildman–Crippen LogP) is 4.71. The smallest absolute Gasteiger partial charge is 0.156 e. The second-order valence-electron chi connectivity index (χ2n) is 9.92. The van der Waals surface area contributed by atoms with Gasteiger partial charge in [-0.2, -0.15) is 0 Å². The first-order valence-corrected chi connectivity index (χ1v) is 12.9. The van der Waals surface area contributed by atoms with Crippen LogP contribution in [0, 0.1) is 11.8 Å². The number of benzene rings is 2. The number of carbonyl (C=O) groups is 1. The van der Waals surface area contributed by atoms with Crippen molar-refractivity contribution in [2.75, 3.05) is 32.7 Å². The summed E-state index contributed by atoms with van der Waals surface area (Å²) in [7, 11) is 0. The van der Waals surface area contributed by atoms with Crippen LogP contribution in [-0.4, -0.2) is 48.9 Å². The van der Waals surface area contributed by atoms with Gasteiger partial charge in [0.05, 0.1) is 5.54 Å². The van der Waals surface area contributed by atoms with E-state index < -0.39 is 0 Å². The Morgan fingerprint density at radius 1 is 1.06 bits per heavy atom. The molecule has 2 aliphatic rings. The zero-order valence-electron chi connectivity index (χ0n) is 19.9. The van der Waals surface area contributed by atoms with E-state index in [9.17, 15) is 4.79 Å². The van der Waals surface area contributed by atoms with E-state index >= 15 is 0 Å². The van der Waals surface area contributed by atoms with Gasteiger partial charge in [-0.15, -0.1) is 0 Å². The van der Waals surface area contributed by atoms with Crippen LogP contribution in [0.3, 0.4) is 0 Å². The summed E-state index contributed by atoms with van der Waals surface area (Å²) in [5, 5.41) is 7.85. The molecule has 1 aliphatic heterocycles. The molecule has 2 fully saturated rings. The van der Waals surface area contributed by atoms with Crippen molar-refractivity contribution >= 4 is 17.4 Å². The van der Waals surface area contributed by atoms with Crippen LogP contribution < -0.4 is 10.6 Å². The summed E-state index contributed by atoms with van der Waals surface area (Å²) >= 11 is 6.06. The van der Waals surface area contributed by atoms with Crippen LogP contribution >= 0.6 is 11.6 Å². The molecule has 1 heterocycles. The van der Waals surface area contributed by atoms with Crippen LogP contribution in [0.4, 0.5) is 0 Å². The molecule has 1 saturated carbocycles. The van der Waals surface area contributed by atoms with Crippen LogP contribution in [0.5, 0.6) is 0 Å². The highest BCUT2D eigenvalue weighted by Gasteiger charge is 2.47. The van der Waals surface area contributed by atoms with Gasteiger partial charge in [0.15, 0.2) is 5.78 Å². The summed E-state index contributed by atoms with van der Waals surface area (Å²) in [5.74, 6) is 1.09. The van der Waals surface area contributed by atoms with Crippen molar-refractivity contribution < 1.29 is 4.79 Å². The Morgan fingerprint density at radius 2 is 1.73 bits per heavy atom. The Bertz CT molecular complexity index is 872. The van der Waals surface area contributed by atoms with Crippen molar-refractivity contribution in [3.8, 4) is 0 Å². The molecular weight excluding hydrogens is 430 g/mol. The number of nitrogens with one attached hydrogen (secondary N) is 2. The van der Waals surface area contributed by atoms with E-state index in [-0.39, 0.29) is 11.5 Å². The number of Topliss-reactive ketones (excluding diaryl/α,β-unsaturated/α-hetero) is 1. The monoisotopic (exact) mass is 467 g/mol. The molecule has 1 saturated heterocycles. The Morgan fingerprint density at radius 3 is 2.39 bits per heavy atom. The Kier molecular flexibility index (Phi) is 8.59. The summed E-state index contributed by atoms with van der Waals surface area (Å²) in [4.78, 5) is 16.5. The summed E-state index contributed by atoms with van der Waals surface area (Å²) in [5.41, 5.74) is 2.22. The third kappa shape index (κ3) is 6.24. The van der Waals surface area contributed by atoms with Gasteiger partial charge in [-0.1, -0.05) is 61.0 Å². The topological polar surface area (TPSA) is 44.4 Å². The third-order valence-electron chi connectivity index (χ3n) is 7.62. The Balaban J connectivity index is 1.38. The standard InChI is InChI=1S/C28H38ClN3O/c1-22(19-23-7-9-26(29)10-8-23)27(33)28(32-17-15-30-16-18-32)13-11-25(12-14-28)21-31-20-24-5-3-2-4-6-24/h2-10,22,25,30-31H,11-21H2,1H3. The van der Waals surface area contributed by atoms with Crippen molar-refractivity contribution in [2.45, 2.75) is 51.1 Å². The molecular formula is C28H38ClN3O. The van der Waals surface area contributed by atoms with Gasteiger partial charge in [0.25, 0.3) is 0 Å². The minimum absolute atomic E-state index is 0.00816. The van der Waals surface area contributed by atoms with Crippen molar-refractivity contribution in [2.24, 2.45) is 11.8 Å². The summed E-state index contributed by atoms with van der Waals surface area (Å²) in [6.45, 7) is 7.95. The summed E-state index contributed by atoms with van der Waals surface area (Å²) in [6, 6.07) is 18.5. The summed E-state index contributed by atoms with van der Waals surface area (Å²) in [6.07, 6.45) is 4.98. The third-order valence-corrected chi connectivity index (χ3v) is 7.87. The van der Waals surface area contributed by atoms with Gasteiger partial charge in [-0.3, -0.25) is 9.69 Å². The van der Waals surface area contributed by atoms with E-state index in [1.165, 1.54) is 11.1 Å². The molecule has 4 rings (SSSR count). The van der Waals surface area contributed by atoms with Gasteiger partial charge in [-0.05, 0) is 67.8 Å². The zero-order chi connectivity index (χ0) is 23.1. The number of halogens is 1. The largest absolute Gasteiger partial charge is 0.314 e. The second kappa shape index (κ2) is 11.6. The fourth-order valence-electron chi connectivity index (χ4n) is 5.71. The predicted molar refractivity (Wildman–Crippen MR) is 137 cm³/mol. The van der Waals surface area contributed by atoms with E-state index in [0.717, 1.165) is 76.4 Å². The lowest BCUT2D eigenvalue weighted by Gasteiger charge is -2.49. The van der Waals surface area contributed by atoms with Crippen LogP contribution in [0.2, 0.25) is 5.02 Å². The average molecular weight is 468 g/mol. The Hall–Kier alpha value is -1.72. The molecule has 1 atom stereocenters. The normalized spacial score (nSPS) is 25.0. The summed E-state index contributed by atoms with van der Waals surface area (Å²) < 4.78 is 0. The van der Waals surface area contributed by atoms with Gasteiger partial charge >= 0.3 is 0 Å². The number of piperazine rings is 1. The van der Waals surface area contributed by atoms with Crippen LogP contribution in [-0.2, 0) is 17.8 Å². The van der Waals surface area contributed by atoms with Crippen molar-refractivity contribution in [3.05, 3.63) is 70.7 Å². The lowest BCUT2D eigenvalue weighted by molar-refractivity contribution is -0.139. The van der Waals surface area contributed by atoms with Crippen molar-refractivity contribution in [1.29, 1.82) is 0 Å². The quantitative estimate of drug-likeness (QED) is 0.560. The minimum atomic E-state index is -0.302. The number of rotatable bonds is 9. The molecule has 0 radical (unpaired) electrons. The highest BCUT2D eigenvalue weighted by atomic mass is 35.5. The van der Waals surface area contributed by atoms with E-state index in [0.29, 0.717) is 11.7 Å². The van der Waals surface area contributed by atoms with Gasteiger partial charge in [-0.25, -0.2) is 0 Å². The molecule has 5 heteroatoms. The number of hydrogen-bond acceptors (Lipinski definition) is 4. The number of carbonyl (C=O) groups excluding carboxylic acids is 1. The maximum Gasteiger partial charge on any atom is 0.156 e. The van der Waals surface area contributed by atoms with Crippen LogP contribution in [0.15, 0.2) is 54.6 Å². The fraction of sp³-hybridized carbons (Fsp3) is 0.536. The molecule has 0 amide bonds. The van der Waals surface area contributed by atoms with E-state index in [1.807, 2.05) is 12.1 Å².